The highest BCUT2D eigenvalue weighted by molar-refractivity contribution is 7.91. The van der Waals surface area contributed by atoms with Gasteiger partial charge in [0.2, 0.25) is 5.91 Å². The Morgan fingerprint density at radius 2 is 2.08 bits per heavy atom. The molecule has 2 aliphatic heterocycles. The van der Waals surface area contributed by atoms with Crippen LogP contribution in [0, 0.1) is 12.8 Å². The third-order valence-electron chi connectivity index (χ3n) is 4.72. The molecule has 1 aromatic heterocycles. The summed E-state index contributed by atoms with van der Waals surface area (Å²) in [5.74, 6) is -0.120. The average Bonchev–Trinajstić information content (AvgIpc) is 3.01. The molecule has 0 bridgehead atoms. The predicted molar refractivity (Wildman–Crippen MR) is 94.6 cm³/mol. The van der Waals surface area contributed by atoms with Gasteiger partial charge in [0.25, 0.3) is 10.0 Å². The Labute approximate surface area is 147 Å². The molecule has 6 nitrogen and oxygen atoms in total. The van der Waals surface area contributed by atoms with Gasteiger partial charge in [0.15, 0.2) is 0 Å². The number of nitrogens with zero attached hydrogens (tertiary/aromatic N) is 2. The summed E-state index contributed by atoms with van der Waals surface area (Å²) in [5.41, 5.74) is 0. The molecule has 2 aliphatic rings. The van der Waals surface area contributed by atoms with Crippen LogP contribution in [0.15, 0.2) is 16.3 Å². The molecule has 24 heavy (non-hydrogen) atoms. The van der Waals surface area contributed by atoms with Crippen LogP contribution in [-0.4, -0.2) is 62.3 Å². The fourth-order valence-corrected chi connectivity index (χ4v) is 6.39. The highest BCUT2D eigenvalue weighted by atomic mass is 32.2. The van der Waals surface area contributed by atoms with E-state index in [9.17, 15) is 13.2 Å². The Bertz CT molecular complexity index is 701. The van der Waals surface area contributed by atoms with Crippen molar-refractivity contribution in [1.29, 1.82) is 0 Å². The van der Waals surface area contributed by atoms with Gasteiger partial charge in [-0.3, -0.25) is 4.79 Å². The molecule has 1 N–H and O–H groups in total. The van der Waals surface area contributed by atoms with Gasteiger partial charge < -0.3 is 10.2 Å². The number of sulfonamides is 1. The van der Waals surface area contributed by atoms with Gasteiger partial charge in [0.1, 0.15) is 4.21 Å². The molecule has 2 fully saturated rings. The Morgan fingerprint density at radius 3 is 2.75 bits per heavy atom. The van der Waals surface area contributed by atoms with E-state index in [0.29, 0.717) is 36.4 Å². The quantitative estimate of drug-likeness (QED) is 0.869. The minimum Gasteiger partial charge on any atom is -0.340 e. The number of hydrogen-bond acceptors (Lipinski definition) is 5. The fraction of sp³-hybridized carbons (Fsp3) is 0.688. The second-order valence-corrected chi connectivity index (χ2v) is 10.2. The zero-order valence-electron chi connectivity index (χ0n) is 14.2. The topological polar surface area (TPSA) is 69.7 Å². The second kappa shape index (κ2) is 7.11. The van der Waals surface area contributed by atoms with Gasteiger partial charge >= 0.3 is 0 Å². The van der Waals surface area contributed by atoms with Crippen molar-refractivity contribution in [3.63, 3.8) is 0 Å². The molecule has 3 rings (SSSR count). The van der Waals surface area contributed by atoms with Crippen molar-refractivity contribution in [2.45, 2.75) is 36.9 Å². The standard InChI is InChI=1S/C16H25N3O3S2/c1-12-10-18(9-7-17-12)16(20)14-4-3-8-19(11-14)24(21,22)15-6-5-13(2)23-15/h5-6,12,14,17H,3-4,7-11H2,1-2H3. The third-order valence-corrected chi connectivity index (χ3v) is 8.06. The molecule has 8 heteroatoms. The van der Waals surface area contributed by atoms with Gasteiger partial charge in [-0.25, -0.2) is 8.42 Å². The van der Waals surface area contributed by atoms with Crippen LogP contribution in [0.5, 0.6) is 0 Å². The fourth-order valence-electron chi connectivity index (χ4n) is 3.43. The third kappa shape index (κ3) is 3.66. The lowest BCUT2D eigenvalue weighted by molar-refractivity contribution is -0.137. The van der Waals surface area contributed by atoms with Crippen LogP contribution in [0.25, 0.3) is 0 Å². The zero-order valence-corrected chi connectivity index (χ0v) is 15.8. The number of aryl methyl sites for hydroxylation is 1. The average molecular weight is 372 g/mol. The number of nitrogens with one attached hydrogen (secondary N) is 1. The number of amides is 1. The number of carbonyl (C=O) groups excluding carboxylic acids is 1. The van der Waals surface area contributed by atoms with Crippen molar-refractivity contribution >= 4 is 27.3 Å². The second-order valence-electron chi connectivity index (χ2n) is 6.71. The summed E-state index contributed by atoms with van der Waals surface area (Å²) in [4.78, 5) is 15.7. The maximum absolute atomic E-state index is 12.8. The molecule has 3 heterocycles. The number of thiophene rings is 1. The van der Waals surface area contributed by atoms with Gasteiger partial charge in [0.05, 0.1) is 5.92 Å². The van der Waals surface area contributed by atoms with E-state index < -0.39 is 10.0 Å². The van der Waals surface area contributed by atoms with E-state index >= 15 is 0 Å². The van der Waals surface area contributed by atoms with Gasteiger partial charge in [-0.05, 0) is 38.8 Å². The van der Waals surface area contributed by atoms with Crippen LogP contribution in [0.3, 0.4) is 0 Å². The van der Waals surface area contributed by atoms with Crippen molar-refractivity contribution in [2.24, 2.45) is 5.92 Å². The van der Waals surface area contributed by atoms with Crippen LogP contribution in [0.1, 0.15) is 24.6 Å². The molecule has 2 unspecified atom stereocenters. The highest BCUT2D eigenvalue weighted by Crippen LogP contribution is 2.29. The number of hydrogen-bond donors (Lipinski definition) is 1. The van der Waals surface area contributed by atoms with E-state index in [-0.39, 0.29) is 11.8 Å². The first-order valence-electron chi connectivity index (χ1n) is 8.46. The zero-order chi connectivity index (χ0) is 17.3. The molecule has 1 amide bonds. The van der Waals surface area contributed by atoms with E-state index in [2.05, 4.69) is 12.2 Å². The van der Waals surface area contributed by atoms with Crippen LogP contribution < -0.4 is 5.32 Å². The van der Waals surface area contributed by atoms with Crippen LogP contribution >= 0.6 is 11.3 Å². The van der Waals surface area contributed by atoms with E-state index in [4.69, 9.17) is 0 Å². The molecular formula is C16H25N3O3S2. The molecule has 0 aliphatic carbocycles. The monoisotopic (exact) mass is 371 g/mol. The van der Waals surface area contributed by atoms with E-state index in [0.717, 1.165) is 24.3 Å². The number of rotatable bonds is 3. The summed E-state index contributed by atoms with van der Waals surface area (Å²) in [6.07, 6.45) is 1.51. The highest BCUT2D eigenvalue weighted by Gasteiger charge is 2.36. The minimum atomic E-state index is -3.48. The molecular weight excluding hydrogens is 346 g/mol. The van der Waals surface area contributed by atoms with E-state index in [1.807, 2.05) is 17.9 Å². The minimum absolute atomic E-state index is 0.102. The van der Waals surface area contributed by atoms with E-state index in [1.54, 1.807) is 6.07 Å². The SMILES string of the molecule is Cc1ccc(S(=O)(=O)N2CCCC(C(=O)N3CCNC(C)C3)C2)s1. The molecule has 2 atom stereocenters. The molecule has 0 radical (unpaired) electrons. The lowest BCUT2D eigenvalue weighted by Gasteiger charge is -2.37. The summed E-state index contributed by atoms with van der Waals surface area (Å²) in [5, 5.41) is 3.33. The number of piperidine rings is 1. The first kappa shape index (κ1) is 17.8. The van der Waals surface area contributed by atoms with Crippen molar-refractivity contribution in [3.8, 4) is 0 Å². The van der Waals surface area contributed by atoms with Gasteiger partial charge in [0, 0.05) is 43.6 Å². The van der Waals surface area contributed by atoms with Crippen molar-refractivity contribution in [1.82, 2.24) is 14.5 Å². The predicted octanol–water partition coefficient (Wildman–Crippen LogP) is 1.28. The number of carbonyl (C=O) groups is 1. The summed E-state index contributed by atoms with van der Waals surface area (Å²) < 4.78 is 27.5. The van der Waals surface area contributed by atoms with Gasteiger partial charge in [-0.15, -0.1) is 11.3 Å². The van der Waals surface area contributed by atoms with Crippen molar-refractivity contribution < 1.29 is 13.2 Å². The molecule has 134 valence electrons. The van der Waals surface area contributed by atoms with Gasteiger partial charge in [-0.1, -0.05) is 0 Å². The molecule has 0 spiro atoms. The van der Waals surface area contributed by atoms with Crippen LogP contribution in [0.4, 0.5) is 0 Å². The molecule has 2 saturated heterocycles. The summed E-state index contributed by atoms with van der Waals surface area (Å²) >= 11 is 1.29. The Balaban J connectivity index is 1.71. The number of piperazine rings is 1. The first-order chi connectivity index (χ1) is 11.4. The summed E-state index contributed by atoms with van der Waals surface area (Å²) in [6, 6.07) is 3.78. The largest absolute Gasteiger partial charge is 0.340 e. The van der Waals surface area contributed by atoms with Gasteiger partial charge in [-0.2, -0.15) is 4.31 Å². The van der Waals surface area contributed by atoms with Crippen molar-refractivity contribution in [2.75, 3.05) is 32.7 Å². The van der Waals surface area contributed by atoms with Crippen LogP contribution in [-0.2, 0) is 14.8 Å². The lowest BCUT2D eigenvalue weighted by atomic mass is 9.97. The smallest absolute Gasteiger partial charge is 0.252 e. The van der Waals surface area contributed by atoms with Crippen molar-refractivity contribution in [3.05, 3.63) is 17.0 Å². The molecule has 0 saturated carbocycles. The molecule has 0 aromatic carbocycles. The Kier molecular flexibility index (Phi) is 5.29. The normalized spacial score (nSPS) is 26.5. The Hall–Kier alpha value is -0.960. The van der Waals surface area contributed by atoms with Crippen LogP contribution in [0.2, 0.25) is 0 Å². The summed E-state index contributed by atoms with van der Waals surface area (Å²) in [7, 11) is -3.48. The first-order valence-corrected chi connectivity index (χ1v) is 10.7. The lowest BCUT2D eigenvalue weighted by Crippen LogP contribution is -2.54. The molecule has 1 aromatic rings. The summed E-state index contributed by atoms with van der Waals surface area (Å²) in [6.45, 7) is 6.98. The maximum Gasteiger partial charge on any atom is 0.252 e. The van der Waals surface area contributed by atoms with E-state index in [1.165, 1.54) is 15.6 Å². The Morgan fingerprint density at radius 1 is 1.29 bits per heavy atom. The maximum atomic E-state index is 12.8.